The lowest BCUT2D eigenvalue weighted by Crippen LogP contribution is -1.82. The molecular formula is C15H13ClN2. The summed E-state index contributed by atoms with van der Waals surface area (Å²) in [5, 5.41) is 0.723. The number of imidazole rings is 1. The van der Waals surface area contributed by atoms with E-state index in [1.54, 1.807) is 0 Å². The minimum Gasteiger partial charge on any atom is -0.338 e. The fraction of sp³-hybridized carbons (Fsp3) is 0.133. The Labute approximate surface area is 111 Å². The van der Waals surface area contributed by atoms with Crippen LogP contribution >= 0.6 is 11.6 Å². The molecule has 0 radical (unpaired) electrons. The van der Waals surface area contributed by atoms with Crippen LogP contribution in [0.4, 0.5) is 0 Å². The summed E-state index contributed by atoms with van der Waals surface area (Å²) in [6.07, 6.45) is 0. The monoisotopic (exact) mass is 256 g/mol. The molecule has 0 unspecified atom stereocenters. The van der Waals surface area contributed by atoms with E-state index in [4.69, 9.17) is 11.6 Å². The van der Waals surface area contributed by atoms with Crippen molar-refractivity contribution in [1.82, 2.24) is 9.97 Å². The first-order valence-corrected chi connectivity index (χ1v) is 6.25. The van der Waals surface area contributed by atoms with E-state index in [2.05, 4.69) is 35.9 Å². The van der Waals surface area contributed by atoms with E-state index in [1.807, 2.05) is 24.3 Å². The number of hydrogen-bond donors (Lipinski definition) is 1. The van der Waals surface area contributed by atoms with Crippen LogP contribution in [0.1, 0.15) is 11.1 Å². The summed E-state index contributed by atoms with van der Waals surface area (Å²) >= 11 is 6.01. The Balaban J connectivity index is 2.23. The van der Waals surface area contributed by atoms with Gasteiger partial charge in [0, 0.05) is 10.6 Å². The van der Waals surface area contributed by atoms with E-state index < -0.39 is 0 Å². The second-order valence-corrected chi connectivity index (χ2v) is 4.94. The lowest BCUT2D eigenvalue weighted by atomic mass is 10.1. The van der Waals surface area contributed by atoms with Gasteiger partial charge in [-0.2, -0.15) is 0 Å². The summed E-state index contributed by atoms with van der Waals surface area (Å²) in [5.74, 6) is 0.862. The number of hydrogen-bond acceptors (Lipinski definition) is 1. The van der Waals surface area contributed by atoms with Crippen molar-refractivity contribution in [3.05, 3.63) is 52.5 Å². The third-order valence-electron chi connectivity index (χ3n) is 3.28. The van der Waals surface area contributed by atoms with Gasteiger partial charge in [-0.15, -0.1) is 0 Å². The van der Waals surface area contributed by atoms with Crippen molar-refractivity contribution < 1.29 is 0 Å². The van der Waals surface area contributed by atoms with Gasteiger partial charge in [-0.05, 0) is 43.2 Å². The van der Waals surface area contributed by atoms with Gasteiger partial charge >= 0.3 is 0 Å². The highest BCUT2D eigenvalue weighted by atomic mass is 35.5. The maximum absolute atomic E-state index is 6.01. The highest BCUT2D eigenvalue weighted by molar-refractivity contribution is 6.30. The fourth-order valence-electron chi connectivity index (χ4n) is 2.09. The molecule has 3 rings (SSSR count). The summed E-state index contributed by atoms with van der Waals surface area (Å²) in [5.41, 5.74) is 5.58. The molecule has 0 atom stereocenters. The van der Waals surface area contributed by atoms with Crippen LogP contribution in [-0.2, 0) is 0 Å². The Morgan fingerprint density at radius 2 is 1.94 bits per heavy atom. The highest BCUT2D eigenvalue weighted by Crippen LogP contribution is 2.25. The SMILES string of the molecule is Cc1ccc2[nH]c(-c3cccc(Cl)c3)nc2c1C. The van der Waals surface area contributed by atoms with Crippen LogP contribution in [0, 0.1) is 13.8 Å². The minimum atomic E-state index is 0.723. The van der Waals surface area contributed by atoms with Gasteiger partial charge in [-0.3, -0.25) is 0 Å². The Morgan fingerprint density at radius 3 is 2.72 bits per heavy atom. The molecule has 3 heteroatoms. The number of rotatable bonds is 1. The molecule has 0 fully saturated rings. The molecular weight excluding hydrogens is 244 g/mol. The van der Waals surface area contributed by atoms with Crippen LogP contribution in [-0.4, -0.2) is 9.97 Å². The van der Waals surface area contributed by atoms with Crippen LogP contribution in [0.2, 0.25) is 5.02 Å². The number of benzene rings is 2. The predicted octanol–water partition coefficient (Wildman–Crippen LogP) is 4.50. The Hall–Kier alpha value is -1.80. The molecule has 1 aromatic heterocycles. The molecule has 0 aliphatic rings. The lowest BCUT2D eigenvalue weighted by Gasteiger charge is -1.98. The lowest BCUT2D eigenvalue weighted by molar-refractivity contribution is 1.32. The van der Waals surface area contributed by atoms with Crippen molar-refractivity contribution in [3.8, 4) is 11.4 Å². The summed E-state index contributed by atoms with van der Waals surface area (Å²) in [4.78, 5) is 8.01. The number of halogens is 1. The number of aromatic amines is 1. The van der Waals surface area contributed by atoms with E-state index in [1.165, 1.54) is 11.1 Å². The largest absolute Gasteiger partial charge is 0.338 e. The number of H-pyrrole nitrogens is 1. The van der Waals surface area contributed by atoms with Crippen molar-refractivity contribution in [2.75, 3.05) is 0 Å². The van der Waals surface area contributed by atoms with E-state index >= 15 is 0 Å². The third-order valence-corrected chi connectivity index (χ3v) is 3.51. The number of fused-ring (bicyclic) bond motifs is 1. The molecule has 90 valence electrons. The summed E-state index contributed by atoms with van der Waals surface area (Å²) in [6.45, 7) is 4.20. The molecule has 2 nitrogen and oxygen atoms in total. The van der Waals surface area contributed by atoms with Crippen molar-refractivity contribution in [2.45, 2.75) is 13.8 Å². The summed E-state index contributed by atoms with van der Waals surface area (Å²) in [6, 6.07) is 11.9. The molecule has 0 saturated carbocycles. The Kier molecular flexibility index (Phi) is 2.60. The van der Waals surface area contributed by atoms with Gasteiger partial charge in [0.15, 0.2) is 0 Å². The molecule has 0 aliphatic heterocycles. The molecule has 0 bridgehead atoms. The average Bonchev–Trinajstić information content (AvgIpc) is 2.79. The zero-order valence-electron chi connectivity index (χ0n) is 10.3. The second-order valence-electron chi connectivity index (χ2n) is 4.50. The smallest absolute Gasteiger partial charge is 0.138 e. The molecule has 0 aliphatic carbocycles. The number of nitrogens with one attached hydrogen (secondary N) is 1. The molecule has 1 heterocycles. The fourth-order valence-corrected chi connectivity index (χ4v) is 2.28. The molecule has 3 aromatic rings. The minimum absolute atomic E-state index is 0.723. The zero-order chi connectivity index (χ0) is 12.7. The first-order valence-electron chi connectivity index (χ1n) is 5.87. The maximum Gasteiger partial charge on any atom is 0.138 e. The van der Waals surface area contributed by atoms with E-state index in [-0.39, 0.29) is 0 Å². The van der Waals surface area contributed by atoms with Crippen LogP contribution in [0.25, 0.3) is 22.4 Å². The van der Waals surface area contributed by atoms with Gasteiger partial charge in [0.2, 0.25) is 0 Å². The van der Waals surface area contributed by atoms with Crippen LogP contribution in [0.15, 0.2) is 36.4 Å². The van der Waals surface area contributed by atoms with Crippen molar-refractivity contribution in [3.63, 3.8) is 0 Å². The van der Waals surface area contributed by atoms with Crippen LogP contribution < -0.4 is 0 Å². The molecule has 0 saturated heterocycles. The van der Waals surface area contributed by atoms with E-state index in [0.29, 0.717) is 0 Å². The second kappa shape index (κ2) is 4.14. The normalized spacial score (nSPS) is 11.1. The number of aryl methyl sites for hydroxylation is 2. The Bertz CT molecular complexity index is 728. The molecule has 18 heavy (non-hydrogen) atoms. The Morgan fingerprint density at radius 1 is 1.11 bits per heavy atom. The predicted molar refractivity (Wildman–Crippen MR) is 76.0 cm³/mol. The van der Waals surface area contributed by atoms with Crippen LogP contribution in [0.3, 0.4) is 0 Å². The highest BCUT2D eigenvalue weighted by Gasteiger charge is 2.08. The first kappa shape index (κ1) is 11.3. The van der Waals surface area contributed by atoms with Crippen molar-refractivity contribution >= 4 is 22.6 Å². The summed E-state index contributed by atoms with van der Waals surface area (Å²) < 4.78 is 0. The molecule has 0 amide bonds. The van der Waals surface area contributed by atoms with Gasteiger partial charge in [0.25, 0.3) is 0 Å². The van der Waals surface area contributed by atoms with Gasteiger partial charge in [0.1, 0.15) is 5.82 Å². The average molecular weight is 257 g/mol. The maximum atomic E-state index is 6.01. The van der Waals surface area contributed by atoms with Gasteiger partial charge in [-0.25, -0.2) is 4.98 Å². The van der Waals surface area contributed by atoms with Crippen molar-refractivity contribution in [2.24, 2.45) is 0 Å². The van der Waals surface area contributed by atoms with Gasteiger partial charge in [0.05, 0.1) is 11.0 Å². The zero-order valence-corrected chi connectivity index (χ0v) is 11.0. The van der Waals surface area contributed by atoms with Crippen LogP contribution in [0.5, 0.6) is 0 Å². The van der Waals surface area contributed by atoms with Gasteiger partial charge < -0.3 is 4.98 Å². The number of aromatic nitrogens is 2. The number of nitrogens with zero attached hydrogens (tertiary/aromatic N) is 1. The molecule has 1 N–H and O–H groups in total. The summed E-state index contributed by atoms with van der Waals surface area (Å²) in [7, 11) is 0. The third kappa shape index (κ3) is 1.79. The standard InChI is InChI=1S/C15H13ClN2/c1-9-6-7-13-14(10(9)2)18-15(17-13)11-4-3-5-12(16)8-11/h3-8H,1-2H3,(H,17,18). The topological polar surface area (TPSA) is 28.7 Å². The molecule has 0 spiro atoms. The van der Waals surface area contributed by atoms with E-state index in [0.717, 1.165) is 27.4 Å². The first-order chi connectivity index (χ1) is 8.65. The van der Waals surface area contributed by atoms with Crippen molar-refractivity contribution in [1.29, 1.82) is 0 Å². The van der Waals surface area contributed by atoms with E-state index in [9.17, 15) is 0 Å². The molecule has 2 aromatic carbocycles. The van der Waals surface area contributed by atoms with Gasteiger partial charge in [-0.1, -0.05) is 29.8 Å². The quantitative estimate of drug-likeness (QED) is 0.682.